The van der Waals surface area contributed by atoms with Gasteiger partial charge in [-0.15, -0.1) is 0 Å². The van der Waals surface area contributed by atoms with Crippen molar-refractivity contribution in [3.8, 4) is 0 Å². The van der Waals surface area contributed by atoms with Crippen LogP contribution in [0.5, 0.6) is 0 Å². The fraction of sp³-hybridized carbons (Fsp3) is 1.00. The summed E-state index contributed by atoms with van der Waals surface area (Å²) in [6.07, 6.45) is -1.71. The molecule has 7 nitrogen and oxygen atoms in total. The second kappa shape index (κ2) is 6.07. The molecule has 1 saturated heterocycles. The van der Waals surface area contributed by atoms with E-state index in [-0.39, 0.29) is 6.61 Å². The Bertz CT molecular complexity index is 328. The number of ether oxygens (including phenoxy) is 4. The number of methoxy groups -OCH3 is 3. The van der Waals surface area contributed by atoms with Crippen LogP contribution in [-0.2, 0) is 33.2 Å². The van der Waals surface area contributed by atoms with Crippen LogP contribution in [0.25, 0.3) is 0 Å². The third-order valence-corrected chi connectivity index (χ3v) is 3.05. The summed E-state index contributed by atoms with van der Waals surface area (Å²) in [5, 5.41) is 0. The Kier molecular flexibility index (Phi) is 5.29. The molecular weight excluding hydrogens is 252 g/mol. The van der Waals surface area contributed by atoms with E-state index in [0.29, 0.717) is 0 Å². The minimum Gasteiger partial charge on any atom is -0.376 e. The van der Waals surface area contributed by atoms with Crippen molar-refractivity contribution in [1.82, 2.24) is 0 Å². The van der Waals surface area contributed by atoms with E-state index in [1.54, 1.807) is 0 Å². The molecule has 4 atom stereocenters. The minimum atomic E-state index is -3.64. The molecule has 0 radical (unpaired) electrons. The third-order valence-electron chi connectivity index (χ3n) is 2.48. The first-order chi connectivity index (χ1) is 7.92. The van der Waals surface area contributed by atoms with Crippen LogP contribution in [0.2, 0.25) is 0 Å². The number of rotatable bonds is 5. The maximum Gasteiger partial charge on any atom is 0.264 e. The van der Waals surface area contributed by atoms with Crippen molar-refractivity contribution in [3.05, 3.63) is 0 Å². The van der Waals surface area contributed by atoms with Gasteiger partial charge in [0.15, 0.2) is 12.4 Å². The molecule has 0 saturated carbocycles. The van der Waals surface area contributed by atoms with Gasteiger partial charge in [0, 0.05) is 21.3 Å². The third kappa shape index (κ3) is 3.87. The second-order valence-corrected chi connectivity index (χ2v) is 5.28. The summed E-state index contributed by atoms with van der Waals surface area (Å²) in [5.74, 6) is 0. The minimum absolute atomic E-state index is 0.247. The molecule has 1 aliphatic heterocycles. The van der Waals surface area contributed by atoms with E-state index in [4.69, 9.17) is 23.1 Å². The lowest BCUT2D eigenvalue weighted by Gasteiger charge is -2.39. The fourth-order valence-electron chi connectivity index (χ4n) is 1.74. The predicted octanol–water partition coefficient (Wildman–Crippen LogP) is -0.636. The smallest absolute Gasteiger partial charge is 0.264 e. The van der Waals surface area contributed by atoms with Crippen molar-refractivity contribution >= 4 is 10.1 Å². The van der Waals surface area contributed by atoms with Crippen LogP contribution >= 0.6 is 0 Å². The van der Waals surface area contributed by atoms with Crippen molar-refractivity contribution in [2.75, 3.05) is 34.2 Å². The molecule has 1 aliphatic rings. The van der Waals surface area contributed by atoms with Crippen LogP contribution < -0.4 is 0 Å². The summed E-state index contributed by atoms with van der Waals surface area (Å²) in [7, 11) is 0.711. The number of hydrogen-bond acceptors (Lipinski definition) is 7. The van der Waals surface area contributed by atoms with Crippen LogP contribution in [0, 0.1) is 0 Å². The highest BCUT2D eigenvalue weighted by molar-refractivity contribution is 7.86. The molecule has 1 heterocycles. The summed E-state index contributed by atoms with van der Waals surface area (Å²) in [6, 6.07) is 0. The molecule has 17 heavy (non-hydrogen) atoms. The molecule has 0 aliphatic carbocycles. The molecule has 8 heteroatoms. The van der Waals surface area contributed by atoms with Crippen molar-refractivity contribution in [3.63, 3.8) is 0 Å². The lowest BCUT2D eigenvalue weighted by atomic mass is 10.1. The monoisotopic (exact) mass is 270 g/mol. The van der Waals surface area contributed by atoms with Gasteiger partial charge in [-0.1, -0.05) is 0 Å². The highest BCUT2D eigenvalue weighted by Crippen LogP contribution is 2.24. The Morgan fingerprint density at radius 2 is 1.71 bits per heavy atom. The predicted molar refractivity (Wildman–Crippen MR) is 58.1 cm³/mol. The quantitative estimate of drug-likeness (QED) is 0.615. The zero-order valence-corrected chi connectivity index (χ0v) is 11.1. The standard InChI is InChI=1S/C9H18O7S/c1-12-6-5-15-9(14-3)8(7(6)13-2)16-17(4,10)11/h6-9H,5H2,1-4H3. The van der Waals surface area contributed by atoms with E-state index in [0.717, 1.165) is 6.26 Å². The van der Waals surface area contributed by atoms with Crippen molar-refractivity contribution < 1.29 is 31.5 Å². The Morgan fingerprint density at radius 1 is 1.06 bits per heavy atom. The maximum atomic E-state index is 11.2. The average molecular weight is 270 g/mol. The van der Waals surface area contributed by atoms with Gasteiger partial charge in [-0.25, -0.2) is 0 Å². The van der Waals surface area contributed by atoms with Crippen LogP contribution in [0.15, 0.2) is 0 Å². The molecule has 102 valence electrons. The summed E-state index contributed by atoms with van der Waals surface area (Å²) < 4.78 is 48.0. The molecule has 1 fully saturated rings. The lowest BCUT2D eigenvalue weighted by Crippen LogP contribution is -2.56. The van der Waals surface area contributed by atoms with Gasteiger partial charge >= 0.3 is 0 Å². The molecule has 0 bridgehead atoms. The van der Waals surface area contributed by atoms with Crippen LogP contribution in [0.4, 0.5) is 0 Å². The first-order valence-electron chi connectivity index (χ1n) is 5.01. The van der Waals surface area contributed by atoms with Gasteiger partial charge in [0.2, 0.25) is 0 Å². The van der Waals surface area contributed by atoms with Crippen molar-refractivity contribution in [1.29, 1.82) is 0 Å². The Hall–Kier alpha value is -0.250. The first-order valence-corrected chi connectivity index (χ1v) is 6.82. The van der Waals surface area contributed by atoms with Gasteiger partial charge in [0.25, 0.3) is 10.1 Å². The van der Waals surface area contributed by atoms with Crippen LogP contribution in [-0.4, -0.2) is 67.2 Å². The van der Waals surface area contributed by atoms with Gasteiger partial charge in [-0.3, -0.25) is 4.18 Å². The number of hydrogen-bond donors (Lipinski definition) is 0. The van der Waals surface area contributed by atoms with Crippen molar-refractivity contribution in [2.24, 2.45) is 0 Å². The van der Waals surface area contributed by atoms with Gasteiger partial charge in [0.05, 0.1) is 12.9 Å². The largest absolute Gasteiger partial charge is 0.376 e. The van der Waals surface area contributed by atoms with E-state index >= 15 is 0 Å². The molecule has 0 spiro atoms. The van der Waals surface area contributed by atoms with Crippen LogP contribution in [0.3, 0.4) is 0 Å². The molecular formula is C9H18O7S. The van der Waals surface area contributed by atoms with E-state index in [9.17, 15) is 8.42 Å². The second-order valence-electron chi connectivity index (χ2n) is 3.68. The van der Waals surface area contributed by atoms with Crippen LogP contribution in [0.1, 0.15) is 0 Å². The molecule has 1 rings (SSSR count). The zero-order chi connectivity index (χ0) is 13.1. The summed E-state index contributed by atoms with van der Waals surface area (Å²) >= 11 is 0. The average Bonchev–Trinajstić information content (AvgIpc) is 2.26. The SMILES string of the molecule is COC1COC(OC)C(OS(C)(=O)=O)C1OC. The topological polar surface area (TPSA) is 80.3 Å². The van der Waals surface area contributed by atoms with Gasteiger partial charge in [-0.05, 0) is 0 Å². The van der Waals surface area contributed by atoms with E-state index < -0.39 is 34.7 Å². The maximum absolute atomic E-state index is 11.2. The molecule has 0 aromatic rings. The Morgan fingerprint density at radius 3 is 2.12 bits per heavy atom. The highest BCUT2D eigenvalue weighted by atomic mass is 32.2. The summed E-state index contributed by atoms with van der Waals surface area (Å²) in [6.45, 7) is 0.247. The molecule has 0 aromatic carbocycles. The Balaban J connectivity index is 2.88. The zero-order valence-electron chi connectivity index (χ0n) is 10.3. The van der Waals surface area contributed by atoms with E-state index in [1.165, 1.54) is 21.3 Å². The fourth-order valence-corrected chi connectivity index (χ4v) is 2.34. The molecule has 0 amide bonds. The highest BCUT2D eigenvalue weighted by Gasteiger charge is 2.44. The van der Waals surface area contributed by atoms with E-state index in [1.807, 2.05) is 0 Å². The van der Waals surface area contributed by atoms with Gasteiger partial charge in [0.1, 0.15) is 12.2 Å². The van der Waals surface area contributed by atoms with Crippen molar-refractivity contribution in [2.45, 2.75) is 24.6 Å². The molecule has 0 aromatic heterocycles. The first kappa shape index (κ1) is 14.8. The molecule has 0 N–H and O–H groups in total. The lowest BCUT2D eigenvalue weighted by molar-refractivity contribution is -0.262. The summed E-state index contributed by atoms with van der Waals surface area (Å²) in [5.41, 5.74) is 0. The summed E-state index contributed by atoms with van der Waals surface area (Å²) in [4.78, 5) is 0. The van der Waals surface area contributed by atoms with Gasteiger partial charge in [-0.2, -0.15) is 8.42 Å². The Labute approximate surface area is 101 Å². The van der Waals surface area contributed by atoms with E-state index in [2.05, 4.69) is 0 Å². The van der Waals surface area contributed by atoms with Gasteiger partial charge < -0.3 is 18.9 Å². The normalized spacial score (nSPS) is 34.8. The molecule has 4 unspecified atom stereocenters.